The van der Waals surface area contributed by atoms with Gasteiger partial charge in [0.25, 0.3) is 0 Å². The summed E-state index contributed by atoms with van der Waals surface area (Å²) >= 11 is 0. The smallest absolute Gasteiger partial charge is 0.407 e. The first-order valence-electron chi connectivity index (χ1n) is 5.82. The first kappa shape index (κ1) is 12.3. The molecule has 0 atom stereocenters. The minimum absolute atomic E-state index is 0.00402. The lowest BCUT2D eigenvalue weighted by Gasteiger charge is -2.23. The third-order valence-corrected chi connectivity index (χ3v) is 3.02. The highest BCUT2D eigenvalue weighted by Crippen LogP contribution is 2.27. The van der Waals surface area contributed by atoms with E-state index >= 15 is 0 Å². The highest BCUT2D eigenvalue weighted by atomic mass is 16.4. The second-order valence-corrected chi connectivity index (χ2v) is 4.32. The van der Waals surface area contributed by atoms with Gasteiger partial charge in [0, 0.05) is 50.1 Å². The molecular weight excluding hydrogens is 236 g/mol. The number of rotatable bonds is 1. The number of carboxylic acid groups (broad SMARTS) is 1. The number of aromatic hydroxyl groups is 2. The molecule has 1 amide bonds. The number of hydrogen-bond donors (Lipinski definition) is 3. The second kappa shape index (κ2) is 5.03. The van der Waals surface area contributed by atoms with Crippen molar-refractivity contribution in [3.63, 3.8) is 0 Å². The number of carbonyl (C=O) groups is 1. The van der Waals surface area contributed by atoms with Crippen LogP contribution < -0.4 is 4.90 Å². The summed E-state index contributed by atoms with van der Waals surface area (Å²) in [4.78, 5) is 14.2. The van der Waals surface area contributed by atoms with Crippen LogP contribution in [0.3, 0.4) is 0 Å². The second-order valence-electron chi connectivity index (χ2n) is 4.32. The highest BCUT2D eigenvalue weighted by Gasteiger charge is 2.18. The molecule has 2 rings (SSSR count). The molecule has 0 bridgehead atoms. The molecule has 1 aliphatic rings. The molecule has 1 aliphatic heterocycles. The fourth-order valence-corrected chi connectivity index (χ4v) is 2.13. The molecule has 1 aromatic carbocycles. The Morgan fingerprint density at radius 1 is 1.00 bits per heavy atom. The van der Waals surface area contributed by atoms with Crippen LogP contribution in [0.4, 0.5) is 10.5 Å². The average Bonchev–Trinajstić information content (AvgIpc) is 2.52. The van der Waals surface area contributed by atoms with Crippen molar-refractivity contribution in [3.8, 4) is 11.5 Å². The van der Waals surface area contributed by atoms with Gasteiger partial charge in [-0.3, -0.25) is 0 Å². The van der Waals surface area contributed by atoms with Gasteiger partial charge >= 0.3 is 6.09 Å². The largest absolute Gasteiger partial charge is 0.508 e. The van der Waals surface area contributed by atoms with Crippen LogP contribution in [0.2, 0.25) is 0 Å². The molecule has 1 heterocycles. The zero-order chi connectivity index (χ0) is 13.1. The van der Waals surface area contributed by atoms with E-state index in [2.05, 4.69) is 0 Å². The zero-order valence-corrected chi connectivity index (χ0v) is 9.91. The van der Waals surface area contributed by atoms with Crippen molar-refractivity contribution in [1.29, 1.82) is 0 Å². The summed E-state index contributed by atoms with van der Waals surface area (Å²) < 4.78 is 0. The molecule has 0 unspecified atom stereocenters. The topological polar surface area (TPSA) is 84.2 Å². The van der Waals surface area contributed by atoms with E-state index in [1.165, 1.54) is 11.0 Å². The summed E-state index contributed by atoms with van der Waals surface area (Å²) in [5.41, 5.74) is 0.708. The molecule has 0 spiro atoms. The highest BCUT2D eigenvalue weighted by molar-refractivity contribution is 5.65. The number of hydrogen-bond acceptors (Lipinski definition) is 4. The lowest BCUT2D eigenvalue weighted by atomic mass is 10.2. The maximum Gasteiger partial charge on any atom is 0.407 e. The summed E-state index contributed by atoms with van der Waals surface area (Å²) in [5.74, 6) is 0.00803. The van der Waals surface area contributed by atoms with E-state index in [-0.39, 0.29) is 11.5 Å². The third kappa shape index (κ3) is 2.77. The van der Waals surface area contributed by atoms with Crippen molar-refractivity contribution in [3.05, 3.63) is 18.2 Å². The van der Waals surface area contributed by atoms with Crippen LogP contribution in [0.15, 0.2) is 18.2 Å². The van der Waals surface area contributed by atoms with Gasteiger partial charge in [-0.05, 0) is 6.42 Å². The van der Waals surface area contributed by atoms with Gasteiger partial charge in [-0.1, -0.05) is 0 Å². The predicted octanol–water partition coefficient (Wildman–Crippen LogP) is 1.29. The van der Waals surface area contributed by atoms with E-state index in [1.54, 1.807) is 12.1 Å². The number of amides is 1. The Kier molecular flexibility index (Phi) is 3.45. The fraction of sp³-hybridized carbons (Fsp3) is 0.417. The van der Waals surface area contributed by atoms with E-state index in [1.807, 2.05) is 4.90 Å². The number of nitrogens with zero attached hydrogens (tertiary/aromatic N) is 2. The van der Waals surface area contributed by atoms with Crippen LogP contribution in [-0.4, -0.2) is 52.5 Å². The molecule has 1 aromatic rings. The first-order valence-corrected chi connectivity index (χ1v) is 5.82. The Balaban J connectivity index is 2.12. The van der Waals surface area contributed by atoms with E-state index in [9.17, 15) is 15.0 Å². The average molecular weight is 252 g/mol. The van der Waals surface area contributed by atoms with Crippen LogP contribution >= 0.6 is 0 Å². The Morgan fingerprint density at radius 2 is 1.67 bits per heavy atom. The number of phenols is 2. The van der Waals surface area contributed by atoms with Crippen molar-refractivity contribution < 1.29 is 20.1 Å². The summed E-state index contributed by atoms with van der Waals surface area (Å²) in [7, 11) is 0. The molecule has 98 valence electrons. The van der Waals surface area contributed by atoms with Gasteiger partial charge in [0.2, 0.25) is 0 Å². The standard InChI is InChI=1S/C12H16N2O4/c15-10-6-9(7-11(16)8-10)13-2-1-3-14(5-4-13)12(17)18/h6-8,15-16H,1-5H2,(H,17,18). The minimum Gasteiger partial charge on any atom is -0.508 e. The monoisotopic (exact) mass is 252 g/mol. The summed E-state index contributed by atoms with van der Waals surface area (Å²) in [6, 6.07) is 4.40. The van der Waals surface area contributed by atoms with Crippen LogP contribution in [0, 0.1) is 0 Å². The fourth-order valence-electron chi connectivity index (χ4n) is 2.13. The van der Waals surface area contributed by atoms with Crippen LogP contribution in [0.5, 0.6) is 11.5 Å². The molecule has 1 fully saturated rings. The third-order valence-electron chi connectivity index (χ3n) is 3.02. The van der Waals surface area contributed by atoms with Crippen LogP contribution in [-0.2, 0) is 0 Å². The van der Waals surface area contributed by atoms with Crippen molar-refractivity contribution in [1.82, 2.24) is 4.90 Å². The maximum absolute atomic E-state index is 10.9. The van der Waals surface area contributed by atoms with Crippen LogP contribution in [0.25, 0.3) is 0 Å². The Morgan fingerprint density at radius 3 is 2.28 bits per heavy atom. The Bertz CT molecular complexity index is 429. The van der Waals surface area contributed by atoms with Gasteiger partial charge in [-0.15, -0.1) is 0 Å². The summed E-state index contributed by atoms with van der Waals surface area (Å²) in [6.45, 7) is 2.18. The lowest BCUT2D eigenvalue weighted by molar-refractivity contribution is 0.148. The van der Waals surface area contributed by atoms with E-state index < -0.39 is 6.09 Å². The van der Waals surface area contributed by atoms with Crippen molar-refractivity contribution >= 4 is 11.8 Å². The summed E-state index contributed by atoms with van der Waals surface area (Å²) in [6.07, 6.45) is -0.182. The molecule has 0 radical (unpaired) electrons. The lowest BCUT2D eigenvalue weighted by Crippen LogP contribution is -2.34. The first-order chi connectivity index (χ1) is 8.56. The van der Waals surface area contributed by atoms with E-state index in [4.69, 9.17) is 5.11 Å². The molecule has 0 aliphatic carbocycles. The molecule has 6 heteroatoms. The molecule has 1 saturated heterocycles. The van der Waals surface area contributed by atoms with Gasteiger partial charge in [0.1, 0.15) is 11.5 Å². The summed E-state index contributed by atoms with van der Waals surface area (Å²) in [5, 5.41) is 27.8. The molecule has 6 nitrogen and oxygen atoms in total. The van der Waals surface area contributed by atoms with Crippen LogP contribution in [0.1, 0.15) is 6.42 Å². The van der Waals surface area contributed by atoms with Crippen molar-refractivity contribution in [2.24, 2.45) is 0 Å². The quantitative estimate of drug-likeness (QED) is 0.701. The Hall–Kier alpha value is -2.11. The van der Waals surface area contributed by atoms with E-state index in [0.29, 0.717) is 31.9 Å². The normalized spacial score (nSPS) is 16.4. The molecule has 3 N–H and O–H groups in total. The number of benzene rings is 1. The Labute approximate surface area is 105 Å². The zero-order valence-electron chi connectivity index (χ0n) is 9.91. The maximum atomic E-state index is 10.9. The van der Waals surface area contributed by atoms with Crippen molar-refractivity contribution in [2.75, 3.05) is 31.1 Å². The van der Waals surface area contributed by atoms with E-state index in [0.717, 1.165) is 6.42 Å². The SMILES string of the molecule is O=C(O)N1CCCN(c2cc(O)cc(O)c2)CC1. The van der Waals surface area contributed by atoms with Gasteiger partial charge in [0.05, 0.1) is 0 Å². The molecule has 18 heavy (non-hydrogen) atoms. The van der Waals surface area contributed by atoms with Gasteiger partial charge < -0.3 is 25.1 Å². The number of anilines is 1. The van der Waals surface area contributed by atoms with Crippen molar-refractivity contribution in [2.45, 2.75) is 6.42 Å². The predicted molar refractivity (Wildman–Crippen MR) is 66.2 cm³/mol. The van der Waals surface area contributed by atoms with Gasteiger partial charge in [-0.2, -0.15) is 0 Å². The van der Waals surface area contributed by atoms with Gasteiger partial charge in [0.15, 0.2) is 0 Å². The van der Waals surface area contributed by atoms with Gasteiger partial charge in [-0.25, -0.2) is 4.79 Å². The molecule has 0 saturated carbocycles. The number of phenolic OH excluding ortho intramolecular Hbond substituents is 2. The molecule has 0 aromatic heterocycles. The molecular formula is C12H16N2O4. The minimum atomic E-state index is -0.907.